The lowest BCUT2D eigenvalue weighted by molar-refractivity contribution is 0.187. The Balaban J connectivity index is 1.06. The van der Waals surface area contributed by atoms with E-state index in [0.717, 1.165) is 76.5 Å². The summed E-state index contributed by atoms with van der Waals surface area (Å²) < 4.78 is 6.38. The van der Waals surface area contributed by atoms with Crippen LogP contribution in [0, 0.1) is 6.92 Å². The van der Waals surface area contributed by atoms with E-state index in [1.165, 1.54) is 39.7 Å². The molecule has 0 N–H and O–H groups in total. The normalized spacial score (nSPS) is 18.4. The molecule has 0 spiro atoms. The molecule has 3 aliphatic heterocycles. The Hall–Kier alpha value is -4.46. The summed E-state index contributed by atoms with van der Waals surface area (Å²) in [5, 5.41) is 2.61. The molecular weight excluding hydrogens is 596 g/mol. The van der Waals surface area contributed by atoms with Crippen LogP contribution in [0.1, 0.15) is 42.5 Å². The zero-order chi connectivity index (χ0) is 32.9. The van der Waals surface area contributed by atoms with Gasteiger partial charge in [0.1, 0.15) is 12.4 Å². The first-order valence-corrected chi connectivity index (χ1v) is 17.6. The topological polar surface area (TPSA) is 72.7 Å². The Labute approximate surface area is 285 Å². The van der Waals surface area contributed by atoms with Gasteiger partial charge in [-0.05, 0) is 81.8 Å². The SMILES string of the molecule is Cc1cccc2cccc(N3CCc4c(nc(OCC5CCCN5C)nc4N4CCC(N=C=NCCN(C)c5ccccc5)CC4)C3)c12. The highest BCUT2D eigenvalue weighted by atomic mass is 16.5. The van der Waals surface area contributed by atoms with E-state index in [9.17, 15) is 0 Å². The number of anilines is 3. The van der Waals surface area contributed by atoms with E-state index in [1.54, 1.807) is 0 Å². The Bertz CT molecular complexity index is 1760. The van der Waals surface area contributed by atoms with Crippen LogP contribution in [-0.4, -0.2) is 92.9 Å². The lowest BCUT2D eigenvalue weighted by atomic mass is 9.99. The molecule has 3 aliphatic rings. The molecule has 250 valence electrons. The number of aromatic nitrogens is 2. The second kappa shape index (κ2) is 14.8. The molecule has 0 amide bonds. The first-order valence-electron chi connectivity index (χ1n) is 17.6. The van der Waals surface area contributed by atoms with Gasteiger partial charge in [-0.3, -0.25) is 0 Å². The lowest BCUT2D eigenvalue weighted by Crippen LogP contribution is -2.39. The molecule has 0 saturated carbocycles. The van der Waals surface area contributed by atoms with E-state index in [2.05, 4.69) is 112 Å². The highest BCUT2D eigenvalue weighted by Crippen LogP contribution is 2.36. The van der Waals surface area contributed by atoms with Crippen LogP contribution in [0.15, 0.2) is 76.7 Å². The molecule has 9 nitrogen and oxygen atoms in total. The summed E-state index contributed by atoms with van der Waals surface area (Å²) in [6, 6.07) is 27.8. The van der Waals surface area contributed by atoms with Crippen LogP contribution in [-0.2, 0) is 13.0 Å². The molecule has 1 atom stereocenters. The molecule has 48 heavy (non-hydrogen) atoms. The number of hydrogen-bond donors (Lipinski definition) is 0. The van der Waals surface area contributed by atoms with Crippen molar-refractivity contribution in [3.05, 3.63) is 83.6 Å². The number of aryl methyl sites for hydroxylation is 1. The van der Waals surface area contributed by atoms with Crippen LogP contribution >= 0.6 is 0 Å². The predicted molar refractivity (Wildman–Crippen MR) is 196 cm³/mol. The number of hydrogen-bond acceptors (Lipinski definition) is 9. The summed E-state index contributed by atoms with van der Waals surface area (Å²) in [5.41, 5.74) is 6.12. The van der Waals surface area contributed by atoms with Gasteiger partial charge in [-0.25, -0.2) is 9.98 Å². The third-order valence-corrected chi connectivity index (χ3v) is 10.4. The van der Waals surface area contributed by atoms with Gasteiger partial charge in [-0.2, -0.15) is 9.97 Å². The van der Waals surface area contributed by atoms with Crippen molar-refractivity contribution in [2.75, 3.05) is 74.7 Å². The molecule has 3 aromatic carbocycles. The third-order valence-electron chi connectivity index (χ3n) is 10.4. The van der Waals surface area contributed by atoms with Crippen molar-refractivity contribution in [2.45, 2.75) is 57.7 Å². The number of para-hydroxylation sites is 1. The Kier molecular flexibility index (Phi) is 9.87. The molecule has 1 aromatic heterocycles. The van der Waals surface area contributed by atoms with Crippen molar-refractivity contribution in [2.24, 2.45) is 9.98 Å². The minimum absolute atomic E-state index is 0.230. The highest BCUT2D eigenvalue weighted by Gasteiger charge is 2.29. The van der Waals surface area contributed by atoms with Crippen molar-refractivity contribution in [1.29, 1.82) is 0 Å². The van der Waals surface area contributed by atoms with Gasteiger partial charge >= 0.3 is 6.01 Å². The zero-order valence-corrected chi connectivity index (χ0v) is 28.7. The fourth-order valence-corrected chi connectivity index (χ4v) is 7.44. The van der Waals surface area contributed by atoms with Gasteiger partial charge in [0, 0.05) is 61.6 Å². The average Bonchev–Trinajstić information content (AvgIpc) is 3.54. The third kappa shape index (κ3) is 7.18. The number of rotatable bonds is 10. The van der Waals surface area contributed by atoms with E-state index in [0.29, 0.717) is 25.2 Å². The van der Waals surface area contributed by atoms with Gasteiger partial charge in [0.15, 0.2) is 0 Å². The highest BCUT2D eigenvalue weighted by molar-refractivity contribution is 5.97. The van der Waals surface area contributed by atoms with E-state index < -0.39 is 0 Å². The lowest BCUT2D eigenvalue weighted by Gasteiger charge is -2.36. The zero-order valence-electron chi connectivity index (χ0n) is 28.7. The Morgan fingerprint density at radius 1 is 0.917 bits per heavy atom. The first kappa shape index (κ1) is 32.1. The van der Waals surface area contributed by atoms with Crippen molar-refractivity contribution >= 4 is 34.0 Å². The molecule has 0 radical (unpaired) electrons. The molecule has 7 rings (SSSR count). The average molecular weight is 645 g/mol. The number of piperidine rings is 1. The van der Waals surface area contributed by atoms with Gasteiger partial charge < -0.3 is 24.3 Å². The fourth-order valence-electron chi connectivity index (χ4n) is 7.44. The van der Waals surface area contributed by atoms with Gasteiger partial charge in [-0.15, -0.1) is 0 Å². The molecule has 0 aliphatic carbocycles. The summed E-state index contributed by atoms with van der Waals surface area (Å²) >= 11 is 0. The van der Waals surface area contributed by atoms with Crippen LogP contribution in [0.25, 0.3) is 10.8 Å². The summed E-state index contributed by atoms with van der Waals surface area (Å²) in [4.78, 5) is 28.9. The van der Waals surface area contributed by atoms with E-state index in [-0.39, 0.29) is 6.04 Å². The molecule has 2 fully saturated rings. The number of fused-ring (bicyclic) bond motifs is 2. The minimum Gasteiger partial charge on any atom is -0.462 e. The largest absolute Gasteiger partial charge is 0.462 e. The monoisotopic (exact) mass is 644 g/mol. The minimum atomic E-state index is 0.230. The predicted octanol–water partition coefficient (Wildman–Crippen LogP) is 6.25. The maximum atomic E-state index is 6.38. The van der Waals surface area contributed by atoms with Crippen molar-refractivity contribution in [3.63, 3.8) is 0 Å². The molecule has 1 unspecified atom stereocenters. The van der Waals surface area contributed by atoms with E-state index in [4.69, 9.17) is 19.7 Å². The molecule has 4 aromatic rings. The van der Waals surface area contributed by atoms with Crippen LogP contribution in [0.4, 0.5) is 17.2 Å². The molecular formula is C39H48N8O. The van der Waals surface area contributed by atoms with E-state index >= 15 is 0 Å². The number of ether oxygens (including phenoxy) is 1. The summed E-state index contributed by atoms with van der Waals surface area (Å²) in [7, 11) is 4.28. The summed E-state index contributed by atoms with van der Waals surface area (Å²) in [5.74, 6) is 1.04. The van der Waals surface area contributed by atoms with Crippen molar-refractivity contribution < 1.29 is 4.74 Å². The standard InChI is InChI=1S/C39H48N8O/c1-29-10-7-11-30-12-8-16-36(37(29)30)47-24-19-34-35(26-47)42-39(48-27-33-15-9-21-44(33)2)43-38(34)46-22-17-31(18-23-46)41-28-40-20-25-45(3)32-13-5-4-6-14-32/h4-8,10-14,16,31,33H,9,15,17-27H2,1-3H3. The van der Waals surface area contributed by atoms with Crippen LogP contribution in [0.5, 0.6) is 6.01 Å². The summed E-state index contributed by atoms with van der Waals surface area (Å²) in [6.45, 7) is 8.93. The van der Waals surface area contributed by atoms with Crippen molar-refractivity contribution in [1.82, 2.24) is 14.9 Å². The molecule has 9 heteroatoms. The maximum absolute atomic E-state index is 6.38. The molecule has 4 heterocycles. The summed E-state index contributed by atoms with van der Waals surface area (Å²) in [6.07, 6.45) is 5.18. The molecule has 2 saturated heterocycles. The maximum Gasteiger partial charge on any atom is 0.318 e. The Morgan fingerprint density at radius 3 is 2.52 bits per heavy atom. The first-order chi connectivity index (χ1) is 23.5. The smallest absolute Gasteiger partial charge is 0.318 e. The number of likely N-dealkylation sites (tertiary alicyclic amines) is 1. The van der Waals surface area contributed by atoms with Gasteiger partial charge in [-0.1, -0.05) is 48.5 Å². The molecule has 0 bridgehead atoms. The quantitative estimate of drug-likeness (QED) is 0.189. The van der Waals surface area contributed by atoms with Crippen LogP contribution in [0.3, 0.4) is 0 Å². The number of aliphatic imine (C=N–C) groups is 2. The van der Waals surface area contributed by atoms with Crippen molar-refractivity contribution in [3.8, 4) is 6.01 Å². The van der Waals surface area contributed by atoms with Crippen LogP contribution in [0.2, 0.25) is 0 Å². The Morgan fingerprint density at radius 2 is 1.73 bits per heavy atom. The number of nitrogens with zero attached hydrogens (tertiary/aromatic N) is 8. The number of benzene rings is 3. The van der Waals surface area contributed by atoms with Crippen LogP contribution < -0.4 is 19.4 Å². The van der Waals surface area contributed by atoms with Gasteiger partial charge in [0.25, 0.3) is 0 Å². The fraction of sp³-hybridized carbons (Fsp3) is 0.462. The second-order valence-corrected chi connectivity index (χ2v) is 13.6. The van der Waals surface area contributed by atoms with E-state index in [1.807, 2.05) is 6.07 Å². The second-order valence-electron chi connectivity index (χ2n) is 13.6. The number of likely N-dealkylation sites (N-methyl/N-ethyl adjacent to an activating group) is 2. The van der Waals surface area contributed by atoms with Gasteiger partial charge in [0.2, 0.25) is 0 Å². The van der Waals surface area contributed by atoms with Gasteiger partial charge in [0.05, 0.1) is 30.8 Å².